The molecule has 2 N–H and O–H groups in total. The topological polar surface area (TPSA) is 110 Å². The second-order valence-electron chi connectivity index (χ2n) is 6.84. The molecule has 0 bridgehead atoms. The Morgan fingerprint density at radius 3 is 1.87 bits per heavy atom. The van der Waals surface area contributed by atoms with Crippen molar-refractivity contribution in [2.45, 2.75) is 55.0 Å². The van der Waals surface area contributed by atoms with Crippen LogP contribution in [0.5, 0.6) is 0 Å². The maximum absolute atomic E-state index is 13.2. The van der Waals surface area contributed by atoms with E-state index >= 15 is 0 Å². The molecular formula is C15H18F8O7S. The van der Waals surface area contributed by atoms with Gasteiger partial charge in [0.2, 0.25) is 0 Å². The Labute approximate surface area is 170 Å². The highest BCUT2D eigenvalue weighted by molar-refractivity contribution is 7.86. The normalized spacial score (nSPS) is 18.1. The van der Waals surface area contributed by atoms with Gasteiger partial charge in [0.1, 0.15) is 6.61 Å². The number of alkyl halides is 8. The molecule has 1 fully saturated rings. The maximum atomic E-state index is 13.2. The van der Waals surface area contributed by atoms with Crippen molar-refractivity contribution in [1.82, 2.24) is 0 Å². The molecule has 0 amide bonds. The molecule has 16 heteroatoms. The van der Waals surface area contributed by atoms with Gasteiger partial charge in [-0.1, -0.05) is 19.4 Å². The number of carbonyl (C=O) groups is 1. The Balaban J connectivity index is 3.03. The fourth-order valence-electron chi connectivity index (χ4n) is 2.89. The Morgan fingerprint density at radius 2 is 1.48 bits per heavy atom. The Kier molecular flexibility index (Phi) is 8.12. The van der Waals surface area contributed by atoms with Crippen molar-refractivity contribution in [1.29, 1.82) is 0 Å². The predicted octanol–water partition coefficient (Wildman–Crippen LogP) is 3.00. The van der Waals surface area contributed by atoms with Crippen molar-refractivity contribution < 1.29 is 67.5 Å². The molecule has 0 saturated heterocycles. The number of ether oxygens (including phenoxy) is 2. The van der Waals surface area contributed by atoms with Crippen molar-refractivity contribution in [3.05, 3.63) is 12.2 Å². The zero-order valence-corrected chi connectivity index (χ0v) is 16.3. The first-order valence-electron chi connectivity index (χ1n) is 8.43. The van der Waals surface area contributed by atoms with Crippen LogP contribution in [-0.4, -0.2) is 66.6 Å². The number of carbonyl (C=O) groups excluding carboxylic acids is 1. The van der Waals surface area contributed by atoms with Crippen LogP contribution in [0, 0.1) is 5.92 Å². The van der Waals surface area contributed by atoms with Crippen LogP contribution in [-0.2, 0) is 24.4 Å². The molecule has 182 valence electrons. The summed E-state index contributed by atoms with van der Waals surface area (Å²) in [5.41, 5.74) is -6.45. The van der Waals surface area contributed by atoms with E-state index < -0.39 is 70.1 Å². The van der Waals surface area contributed by atoms with Gasteiger partial charge in [0, 0.05) is 0 Å². The van der Waals surface area contributed by atoms with E-state index in [0.717, 1.165) is 0 Å². The standard InChI is InChI=1S/C15H18F8O7S/c1-8(6-29-7-12(16,17)31(26,27)28)11(24)30-10(9-4-2-3-5-9)13(25,14(18,19)20)15(21,22)23/h9-10,25H,1-7H2,(H,26,27,28). The predicted molar refractivity (Wildman–Crippen MR) is 85.4 cm³/mol. The van der Waals surface area contributed by atoms with Gasteiger partial charge < -0.3 is 14.6 Å². The number of aliphatic hydroxyl groups is 1. The first-order chi connectivity index (χ1) is 13.8. The van der Waals surface area contributed by atoms with Crippen molar-refractivity contribution in [2.75, 3.05) is 13.2 Å². The van der Waals surface area contributed by atoms with E-state index in [-0.39, 0.29) is 25.7 Å². The summed E-state index contributed by atoms with van der Waals surface area (Å²) in [5, 5.41) is 4.82. The molecule has 1 aliphatic carbocycles. The molecule has 0 aromatic heterocycles. The summed E-state index contributed by atoms with van der Waals surface area (Å²) in [4.78, 5) is 12.0. The molecule has 31 heavy (non-hydrogen) atoms. The monoisotopic (exact) mass is 494 g/mol. The van der Waals surface area contributed by atoms with Crippen molar-refractivity contribution in [2.24, 2.45) is 5.92 Å². The second-order valence-corrected chi connectivity index (χ2v) is 8.39. The fraction of sp³-hybridized carbons (Fsp3) is 0.800. The van der Waals surface area contributed by atoms with Crippen LogP contribution in [0.1, 0.15) is 25.7 Å². The van der Waals surface area contributed by atoms with E-state index in [1.165, 1.54) is 0 Å². The molecule has 1 atom stereocenters. The highest BCUT2D eigenvalue weighted by Gasteiger charge is 2.76. The number of esters is 1. The van der Waals surface area contributed by atoms with E-state index in [2.05, 4.69) is 16.1 Å². The Morgan fingerprint density at radius 1 is 1.03 bits per heavy atom. The van der Waals surface area contributed by atoms with Gasteiger partial charge in [0.25, 0.3) is 5.60 Å². The zero-order chi connectivity index (χ0) is 24.5. The zero-order valence-electron chi connectivity index (χ0n) is 15.5. The number of hydrogen-bond acceptors (Lipinski definition) is 6. The van der Waals surface area contributed by atoms with Crippen LogP contribution in [0.15, 0.2) is 12.2 Å². The average Bonchev–Trinajstić information content (AvgIpc) is 3.09. The second kappa shape index (κ2) is 9.15. The minimum Gasteiger partial charge on any atom is -0.455 e. The van der Waals surface area contributed by atoms with Gasteiger partial charge >= 0.3 is 33.7 Å². The van der Waals surface area contributed by atoms with Gasteiger partial charge in [0.15, 0.2) is 6.10 Å². The molecule has 0 spiro atoms. The lowest BCUT2D eigenvalue weighted by molar-refractivity contribution is -0.395. The van der Waals surface area contributed by atoms with Crippen LogP contribution in [0.25, 0.3) is 0 Å². The van der Waals surface area contributed by atoms with Crippen LogP contribution in [0.3, 0.4) is 0 Å². The number of halogens is 8. The van der Waals surface area contributed by atoms with E-state index in [9.17, 15) is 53.4 Å². The summed E-state index contributed by atoms with van der Waals surface area (Å²) in [6, 6.07) is 0. The summed E-state index contributed by atoms with van der Waals surface area (Å²) in [7, 11) is -5.89. The third kappa shape index (κ3) is 6.04. The molecule has 0 aromatic carbocycles. The minimum absolute atomic E-state index is 0.208. The molecule has 0 radical (unpaired) electrons. The minimum atomic E-state index is -6.28. The van der Waals surface area contributed by atoms with E-state index in [1.54, 1.807) is 0 Å². The summed E-state index contributed by atoms with van der Waals surface area (Å²) < 4.78 is 143. The lowest BCUT2D eigenvalue weighted by atomic mass is 9.84. The third-order valence-corrected chi connectivity index (χ3v) is 5.42. The lowest BCUT2D eigenvalue weighted by Gasteiger charge is -2.40. The van der Waals surface area contributed by atoms with Crippen molar-refractivity contribution >= 4 is 16.1 Å². The van der Waals surface area contributed by atoms with Gasteiger partial charge in [-0.25, -0.2) is 4.79 Å². The molecule has 7 nitrogen and oxygen atoms in total. The molecule has 1 saturated carbocycles. The van der Waals surface area contributed by atoms with E-state index in [4.69, 9.17) is 4.55 Å². The van der Waals surface area contributed by atoms with E-state index in [1.807, 2.05) is 0 Å². The summed E-state index contributed by atoms with van der Waals surface area (Å²) in [6.07, 6.45) is -15.7. The molecule has 1 aliphatic rings. The van der Waals surface area contributed by atoms with Crippen molar-refractivity contribution in [3.8, 4) is 0 Å². The quantitative estimate of drug-likeness (QED) is 0.220. The van der Waals surface area contributed by atoms with E-state index in [0.29, 0.717) is 0 Å². The molecule has 1 rings (SSSR count). The van der Waals surface area contributed by atoms with Gasteiger partial charge in [-0.05, 0) is 18.8 Å². The summed E-state index contributed by atoms with van der Waals surface area (Å²) in [5.74, 6) is -3.44. The van der Waals surface area contributed by atoms with Gasteiger partial charge in [-0.3, -0.25) is 4.55 Å². The first kappa shape index (κ1) is 27.5. The number of hydrogen-bond donors (Lipinski definition) is 2. The lowest BCUT2D eigenvalue weighted by Crippen LogP contribution is -2.66. The van der Waals surface area contributed by atoms with Crippen molar-refractivity contribution in [3.63, 3.8) is 0 Å². The Bertz CT molecular complexity index is 755. The maximum Gasteiger partial charge on any atom is 0.430 e. The van der Waals surface area contributed by atoms with Crippen LogP contribution in [0.4, 0.5) is 35.1 Å². The number of rotatable bonds is 9. The SMILES string of the molecule is C=C(COCC(F)(F)S(=O)(=O)O)C(=O)OC(C1CCCC1)C(O)(C(F)(F)F)C(F)(F)F. The first-order valence-corrected chi connectivity index (χ1v) is 9.87. The van der Waals surface area contributed by atoms with Crippen LogP contribution < -0.4 is 0 Å². The van der Waals surface area contributed by atoms with Gasteiger partial charge in [-0.15, -0.1) is 0 Å². The molecule has 0 aliphatic heterocycles. The highest BCUT2D eigenvalue weighted by Crippen LogP contribution is 2.50. The van der Waals surface area contributed by atoms with Gasteiger partial charge in [-0.2, -0.15) is 43.5 Å². The average molecular weight is 494 g/mol. The molecular weight excluding hydrogens is 476 g/mol. The van der Waals surface area contributed by atoms with Crippen LogP contribution in [0.2, 0.25) is 0 Å². The highest BCUT2D eigenvalue weighted by atomic mass is 32.2. The molecule has 0 aromatic rings. The summed E-state index contributed by atoms with van der Waals surface area (Å²) in [6.45, 7) is -0.359. The third-order valence-electron chi connectivity index (χ3n) is 4.55. The molecule has 0 heterocycles. The summed E-state index contributed by atoms with van der Waals surface area (Å²) >= 11 is 0. The fourth-order valence-corrected chi connectivity index (χ4v) is 3.12. The largest absolute Gasteiger partial charge is 0.455 e. The van der Waals surface area contributed by atoms with Crippen LogP contribution >= 0.6 is 0 Å². The Hall–Kier alpha value is -1.52. The molecule has 1 unspecified atom stereocenters. The van der Waals surface area contributed by atoms with Gasteiger partial charge in [0.05, 0.1) is 12.2 Å². The smallest absolute Gasteiger partial charge is 0.430 e.